The third-order valence-electron chi connectivity index (χ3n) is 3.78. The maximum atomic E-state index is 12.7. The van der Waals surface area contributed by atoms with Crippen molar-refractivity contribution in [1.82, 2.24) is 4.90 Å². The molecule has 1 amide bonds. The van der Waals surface area contributed by atoms with Gasteiger partial charge in [-0.1, -0.05) is 35.2 Å². The van der Waals surface area contributed by atoms with Crippen LogP contribution < -0.4 is 0 Å². The van der Waals surface area contributed by atoms with Gasteiger partial charge >= 0.3 is 0 Å². The minimum absolute atomic E-state index is 0.181. The highest BCUT2D eigenvalue weighted by Gasteiger charge is 2.26. The van der Waals surface area contributed by atoms with Crippen molar-refractivity contribution in [2.24, 2.45) is 0 Å². The number of rotatable bonds is 3. The number of hydrogen-bond donors (Lipinski definition) is 0. The molecule has 2 nitrogen and oxygen atoms in total. The molecule has 0 bridgehead atoms. The fourth-order valence-corrected chi connectivity index (χ4v) is 3.70. The normalized spacial score (nSPS) is 16.4. The van der Waals surface area contributed by atoms with E-state index in [2.05, 4.69) is 50.3 Å². The standard InChI is InChI=1S/C15H19BrINO/c1-2-18(12-6-4-3-5-7-12)15(19)13-10-11(16)8-9-14(13)17/h8-10,12H,2-7H2,1H3. The first-order chi connectivity index (χ1) is 9.13. The average Bonchev–Trinajstić information content (AvgIpc) is 2.43. The van der Waals surface area contributed by atoms with Crippen LogP contribution in [0.4, 0.5) is 0 Å². The van der Waals surface area contributed by atoms with E-state index in [0.29, 0.717) is 6.04 Å². The van der Waals surface area contributed by atoms with Crippen LogP contribution in [0.5, 0.6) is 0 Å². The molecule has 1 aliphatic rings. The zero-order chi connectivity index (χ0) is 13.8. The van der Waals surface area contributed by atoms with Gasteiger partial charge in [0.15, 0.2) is 0 Å². The molecule has 1 saturated carbocycles. The quantitative estimate of drug-likeness (QED) is 0.621. The molecule has 19 heavy (non-hydrogen) atoms. The highest BCUT2D eigenvalue weighted by atomic mass is 127. The van der Waals surface area contributed by atoms with E-state index < -0.39 is 0 Å². The van der Waals surface area contributed by atoms with Gasteiger partial charge in [-0.2, -0.15) is 0 Å². The Hall–Kier alpha value is -0.100. The van der Waals surface area contributed by atoms with Gasteiger partial charge in [0.2, 0.25) is 0 Å². The summed E-state index contributed by atoms with van der Waals surface area (Å²) in [5.41, 5.74) is 0.822. The molecule has 0 unspecified atom stereocenters. The molecule has 2 rings (SSSR count). The molecule has 1 aromatic carbocycles. The number of halogens is 2. The Labute approximate surface area is 137 Å². The summed E-state index contributed by atoms with van der Waals surface area (Å²) in [7, 11) is 0. The van der Waals surface area contributed by atoms with E-state index >= 15 is 0 Å². The maximum absolute atomic E-state index is 12.7. The molecule has 4 heteroatoms. The Bertz CT molecular complexity index is 457. The van der Waals surface area contributed by atoms with Crippen molar-refractivity contribution < 1.29 is 4.79 Å². The Morgan fingerprint density at radius 2 is 2.05 bits per heavy atom. The fraction of sp³-hybridized carbons (Fsp3) is 0.533. The highest BCUT2D eigenvalue weighted by molar-refractivity contribution is 14.1. The molecule has 104 valence electrons. The van der Waals surface area contributed by atoms with Crippen LogP contribution in [0.25, 0.3) is 0 Å². The summed E-state index contributed by atoms with van der Waals surface area (Å²) in [6.07, 6.45) is 6.14. The Morgan fingerprint density at radius 3 is 2.68 bits per heavy atom. The van der Waals surface area contributed by atoms with Crippen LogP contribution in [0.1, 0.15) is 49.4 Å². The minimum Gasteiger partial charge on any atom is -0.336 e. The van der Waals surface area contributed by atoms with Crippen molar-refractivity contribution in [3.05, 3.63) is 31.8 Å². The second-order valence-corrected chi connectivity index (χ2v) is 7.09. The van der Waals surface area contributed by atoms with Crippen LogP contribution in [0.3, 0.4) is 0 Å². The van der Waals surface area contributed by atoms with Crippen LogP contribution in [0.2, 0.25) is 0 Å². The van der Waals surface area contributed by atoms with E-state index in [1.165, 1.54) is 19.3 Å². The largest absolute Gasteiger partial charge is 0.336 e. The third-order valence-corrected chi connectivity index (χ3v) is 5.21. The topological polar surface area (TPSA) is 20.3 Å². The predicted molar refractivity (Wildman–Crippen MR) is 90.4 cm³/mol. The number of carbonyl (C=O) groups is 1. The molecule has 1 aromatic rings. The second-order valence-electron chi connectivity index (χ2n) is 5.01. The first-order valence-corrected chi connectivity index (χ1v) is 8.76. The van der Waals surface area contributed by atoms with Crippen molar-refractivity contribution in [3.63, 3.8) is 0 Å². The van der Waals surface area contributed by atoms with Crippen molar-refractivity contribution in [1.29, 1.82) is 0 Å². The predicted octanol–water partition coefficient (Wildman–Crippen LogP) is 4.85. The third kappa shape index (κ3) is 3.72. The van der Waals surface area contributed by atoms with Gasteiger partial charge in [0, 0.05) is 20.6 Å². The van der Waals surface area contributed by atoms with Crippen LogP contribution >= 0.6 is 38.5 Å². The van der Waals surface area contributed by atoms with E-state index in [1.807, 2.05) is 18.2 Å². The van der Waals surface area contributed by atoms with Crippen LogP contribution in [0.15, 0.2) is 22.7 Å². The number of nitrogens with zero attached hydrogens (tertiary/aromatic N) is 1. The summed E-state index contributed by atoms with van der Waals surface area (Å²) < 4.78 is 2.00. The Morgan fingerprint density at radius 1 is 1.37 bits per heavy atom. The van der Waals surface area contributed by atoms with Crippen LogP contribution in [0, 0.1) is 3.57 Å². The molecular formula is C15H19BrINO. The van der Waals surface area contributed by atoms with Crippen molar-refractivity contribution in [3.8, 4) is 0 Å². The molecule has 0 saturated heterocycles. The van der Waals surface area contributed by atoms with E-state index in [4.69, 9.17) is 0 Å². The molecule has 0 atom stereocenters. The van der Waals surface area contributed by atoms with Crippen molar-refractivity contribution >= 4 is 44.4 Å². The molecular weight excluding hydrogens is 417 g/mol. The highest BCUT2D eigenvalue weighted by Crippen LogP contribution is 2.26. The minimum atomic E-state index is 0.181. The van der Waals surface area contributed by atoms with Crippen LogP contribution in [-0.2, 0) is 0 Å². The first kappa shape index (κ1) is 15.3. The SMILES string of the molecule is CCN(C(=O)c1cc(Br)ccc1I)C1CCCCC1. The molecule has 0 aliphatic heterocycles. The lowest BCUT2D eigenvalue weighted by Gasteiger charge is -2.34. The molecule has 1 aliphatic carbocycles. The van der Waals surface area contributed by atoms with Gasteiger partial charge in [-0.05, 0) is 60.6 Å². The van der Waals surface area contributed by atoms with Gasteiger partial charge in [-0.25, -0.2) is 0 Å². The molecule has 0 heterocycles. The summed E-state index contributed by atoms with van der Waals surface area (Å²) in [4.78, 5) is 14.8. The van der Waals surface area contributed by atoms with Gasteiger partial charge in [0.25, 0.3) is 5.91 Å². The lowest BCUT2D eigenvalue weighted by atomic mass is 9.93. The zero-order valence-corrected chi connectivity index (χ0v) is 14.9. The lowest BCUT2D eigenvalue weighted by Crippen LogP contribution is -2.41. The van der Waals surface area contributed by atoms with E-state index in [0.717, 1.165) is 33.0 Å². The van der Waals surface area contributed by atoms with Gasteiger partial charge < -0.3 is 4.90 Å². The number of carbonyl (C=O) groups excluding carboxylic acids is 1. The van der Waals surface area contributed by atoms with Gasteiger partial charge in [0.05, 0.1) is 5.56 Å². The second kappa shape index (κ2) is 7.07. The molecule has 0 aromatic heterocycles. The van der Waals surface area contributed by atoms with E-state index in [-0.39, 0.29) is 5.91 Å². The first-order valence-electron chi connectivity index (χ1n) is 6.89. The van der Waals surface area contributed by atoms with E-state index in [1.54, 1.807) is 0 Å². The van der Waals surface area contributed by atoms with Crippen LogP contribution in [-0.4, -0.2) is 23.4 Å². The number of amides is 1. The maximum Gasteiger partial charge on any atom is 0.255 e. The molecule has 0 spiro atoms. The summed E-state index contributed by atoms with van der Waals surface area (Å²) >= 11 is 5.70. The zero-order valence-electron chi connectivity index (χ0n) is 11.2. The smallest absolute Gasteiger partial charge is 0.255 e. The fourth-order valence-electron chi connectivity index (χ4n) is 2.78. The summed E-state index contributed by atoms with van der Waals surface area (Å²) in [6.45, 7) is 2.88. The Balaban J connectivity index is 2.22. The summed E-state index contributed by atoms with van der Waals surface area (Å²) in [5, 5.41) is 0. The molecule has 0 N–H and O–H groups in total. The van der Waals surface area contributed by atoms with Gasteiger partial charge in [0.1, 0.15) is 0 Å². The average molecular weight is 436 g/mol. The Kier molecular flexibility index (Phi) is 5.69. The summed E-state index contributed by atoms with van der Waals surface area (Å²) in [5.74, 6) is 0.181. The lowest BCUT2D eigenvalue weighted by molar-refractivity contribution is 0.0647. The van der Waals surface area contributed by atoms with Gasteiger partial charge in [-0.3, -0.25) is 4.79 Å². The monoisotopic (exact) mass is 435 g/mol. The van der Waals surface area contributed by atoms with E-state index in [9.17, 15) is 4.79 Å². The van der Waals surface area contributed by atoms with Crippen molar-refractivity contribution in [2.75, 3.05) is 6.54 Å². The number of hydrogen-bond acceptors (Lipinski definition) is 1. The van der Waals surface area contributed by atoms with Gasteiger partial charge in [-0.15, -0.1) is 0 Å². The molecule has 1 fully saturated rings. The summed E-state index contributed by atoms with van der Waals surface area (Å²) in [6, 6.07) is 6.35. The van der Waals surface area contributed by atoms with Crippen molar-refractivity contribution in [2.45, 2.75) is 45.1 Å². The number of benzene rings is 1. The molecule has 0 radical (unpaired) electrons.